The first kappa shape index (κ1) is 26.2. The van der Waals surface area contributed by atoms with Crippen molar-refractivity contribution in [1.82, 2.24) is 5.43 Å². The second-order valence-electron chi connectivity index (χ2n) is 7.77. The molecule has 0 unspecified atom stereocenters. The van der Waals surface area contributed by atoms with Crippen molar-refractivity contribution in [1.29, 1.82) is 0 Å². The molecule has 9 heteroatoms. The van der Waals surface area contributed by atoms with Gasteiger partial charge in [0.15, 0.2) is 0 Å². The van der Waals surface area contributed by atoms with Gasteiger partial charge in [0.25, 0.3) is 15.9 Å². The second-order valence-corrected chi connectivity index (χ2v) is 10.0. The Morgan fingerprint density at radius 1 is 1.06 bits per heavy atom. The minimum Gasteiger partial charge on any atom is -0.494 e. The number of rotatable bonds is 11. The molecule has 0 saturated carbocycles. The molecule has 0 spiro atoms. The van der Waals surface area contributed by atoms with Gasteiger partial charge >= 0.3 is 0 Å². The largest absolute Gasteiger partial charge is 0.494 e. The van der Waals surface area contributed by atoms with Gasteiger partial charge in [0.2, 0.25) is 0 Å². The molecule has 0 aliphatic rings. The second kappa shape index (κ2) is 12.4. The lowest BCUT2D eigenvalue weighted by Crippen LogP contribution is -2.40. The Labute approximate surface area is 211 Å². The van der Waals surface area contributed by atoms with Crippen LogP contribution in [0.25, 0.3) is 0 Å². The van der Waals surface area contributed by atoms with Crippen molar-refractivity contribution in [3.8, 4) is 5.75 Å². The zero-order valence-electron chi connectivity index (χ0n) is 19.6. The van der Waals surface area contributed by atoms with E-state index in [-0.39, 0.29) is 4.90 Å². The number of carbonyl (C=O) groups excluding carboxylic acids is 1. The number of hydrazone groups is 1. The van der Waals surface area contributed by atoms with Crippen molar-refractivity contribution in [3.05, 3.63) is 88.9 Å². The van der Waals surface area contributed by atoms with E-state index in [0.29, 0.717) is 22.9 Å². The fraction of sp³-hybridized carbons (Fsp3) is 0.231. The molecule has 0 heterocycles. The van der Waals surface area contributed by atoms with Crippen LogP contribution in [-0.2, 0) is 14.8 Å². The monoisotopic (exact) mass is 513 g/mol. The molecule has 3 rings (SSSR count). The van der Waals surface area contributed by atoms with Gasteiger partial charge in [-0.15, -0.1) is 0 Å². The van der Waals surface area contributed by atoms with E-state index < -0.39 is 22.5 Å². The first-order valence-corrected chi connectivity index (χ1v) is 13.0. The molecular formula is C26H28ClN3O4S. The fourth-order valence-electron chi connectivity index (χ4n) is 3.21. The SMILES string of the molecule is CCCCOc1ccc(/C=N\NC(=O)CN(c2cccc(Cl)c2C)S(=O)(=O)c2ccccc2)cc1. The van der Waals surface area contributed by atoms with Gasteiger partial charge in [0.05, 0.1) is 23.4 Å². The fourth-order valence-corrected chi connectivity index (χ4v) is 4.88. The number of carbonyl (C=O) groups is 1. The van der Waals surface area contributed by atoms with Crippen LogP contribution in [0.4, 0.5) is 5.69 Å². The maximum Gasteiger partial charge on any atom is 0.264 e. The van der Waals surface area contributed by atoms with Crippen LogP contribution in [0.5, 0.6) is 5.75 Å². The van der Waals surface area contributed by atoms with Crippen molar-refractivity contribution < 1.29 is 17.9 Å². The summed E-state index contributed by atoms with van der Waals surface area (Å²) in [5, 5.41) is 4.37. The van der Waals surface area contributed by atoms with Crippen molar-refractivity contribution >= 4 is 39.4 Å². The van der Waals surface area contributed by atoms with Gasteiger partial charge < -0.3 is 4.74 Å². The molecule has 0 radical (unpaired) electrons. The van der Waals surface area contributed by atoms with Gasteiger partial charge in [-0.1, -0.05) is 49.2 Å². The van der Waals surface area contributed by atoms with Crippen LogP contribution >= 0.6 is 11.6 Å². The molecule has 0 atom stereocenters. The van der Waals surface area contributed by atoms with Crippen molar-refractivity contribution in [2.75, 3.05) is 17.5 Å². The number of ether oxygens (including phenoxy) is 1. The molecule has 184 valence electrons. The first-order valence-electron chi connectivity index (χ1n) is 11.2. The molecule has 3 aromatic rings. The normalized spacial score (nSPS) is 11.4. The average Bonchev–Trinajstić information content (AvgIpc) is 2.86. The molecule has 35 heavy (non-hydrogen) atoms. The Balaban J connectivity index is 1.74. The smallest absolute Gasteiger partial charge is 0.264 e. The number of benzene rings is 3. The number of amides is 1. The lowest BCUT2D eigenvalue weighted by Gasteiger charge is -2.25. The molecule has 3 aromatic carbocycles. The molecule has 0 aliphatic heterocycles. The van der Waals surface area contributed by atoms with E-state index in [1.165, 1.54) is 18.3 Å². The van der Waals surface area contributed by atoms with E-state index >= 15 is 0 Å². The van der Waals surface area contributed by atoms with Crippen molar-refractivity contribution in [2.45, 2.75) is 31.6 Å². The number of nitrogens with one attached hydrogen (secondary N) is 1. The summed E-state index contributed by atoms with van der Waals surface area (Å²) in [7, 11) is -4.03. The molecule has 7 nitrogen and oxygen atoms in total. The van der Waals surface area contributed by atoms with Crippen LogP contribution in [0.2, 0.25) is 5.02 Å². The number of hydrogen-bond donors (Lipinski definition) is 1. The molecular weight excluding hydrogens is 486 g/mol. The summed E-state index contributed by atoms with van der Waals surface area (Å²) in [4.78, 5) is 12.8. The molecule has 0 aromatic heterocycles. The summed E-state index contributed by atoms with van der Waals surface area (Å²) < 4.78 is 33.5. The lowest BCUT2D eigenvalue weighted by molar-refractivity contribution is -0.119. The zero-order chi connectivity index (χ0) is 25.3. The van der Waals surface area contributed by atoms with Gasteiger partial charge in [-0.05, 0) is 73.0 Å². The van der Waals surface area contributed by atoms with E-state index in [1.54, 1.807) is 43.3 Å². The topological polar surface area (TPSA) is 88.1 Å². The summed E-state index contributed by atoms with van der Waals surface area (Å²) in [6.45, 7) is 4.00. The summed E-state index contributed by atoms with van der Waals surface area (Å²) in [6, 6.07) is 20.1. The van der Waals surface area contributed by atoms with Gasteiger partial charge in [0, 0.05) is 5.02 Å². The highest BCUT2D eigenvalue weighted by molar-refractivity contribution is 7.92. The zero-order valence-corrected chi connectivity index (χ0v) is 21.2. The number of anilines is 1. The number of nitrogens with zero attached hydrogens (tertiary/aromatic N) is 2. The lowest BCUT2D eigenvalue weighted by atomic mass is 10.2. The molecule has 0 bridgehead atoms. The third-order valence-electron chi connectivity index (χ3n) is 5.18. The van der Waals surface area contributed by atoms with Crippen LogP contribution in [0.3, 0.4) is 0 Å². The average molecular weight is 514 g/mol. The standard InChI is InChI=1S/C26H28ClN3O4S/c1-3-4-17-34-22-15-13-21(14-16-22)18-28-29-26(31)19-30(25-12-8-11-24(27)20(25)2)35(32,33)23-9-6-5-7-10-23/h5-16,18H,3-4,17,19H2,1-2H3,(H,29,31)/b28-18-. The van der Waals surface area contributed by atoms with E-state index in [2.05, 4.69) is 17.5 Å². The van der Waals surface area contributed by atoms with E-state index in [1.807, 2.05) is 24.3 Å². The summed E-state index contributed by atoms with van der Waals surface area (Å²) >= 11 is 6.23. The van der Waals surface area contributed by atoms with Gasteiger partial charge in [0.1, 0.15) is 12.3 Å². The number of unbranched alkanes of at least 4 members (excludes halogenated alkanes) is 1. The summed E-state index contributed by atoms with van der Waals surface area (Å²) in [5.74, 6) is 0.165. The summed E-state index contributed by atoms with van der Waals surface area (Å²) in [5.41, 5.74) is 4.03. The maximum absolute atomic E-state index is 13.4. The summed E-state index contributed by atoms with van der Waals surface area (Å²) in [6.07, 6.45) is 3.53. The number of sulfonamides is 1. The van der Waals surface area contributed by atoms with Gasteiger partial charge in [-0.2, -0.15) is 5.10 Å². The van der Waals surface area contributed by atoms with Crippen molar-refractivity contribution in [2.24, 2.45) is 5.10 Å². The van der Waals surface area contributed by atoms with E-state index in [4.69, 9.17) is 16.3 Å². The molecule has 1 amide bonds. The third kappa shape index (κ3) is 7.07. The molecule has 1 N–H and O–H groups in total. The predicted octanol–water partition coefficient (Wildman–Crippen LogP) is 5.17. The molecule has 0 fully saturated rings. The third-order valence-corrected chi connectivity index (χ3v) is 7.36. The predicted molar refractivity (Wildman–Crippen MR) is 140 cm³/mol. The minimum atomic E-state index is -4.03. The Morgan fingerprint density at radius 3 is 2.46 bits per heavy atom. The highest BCUT2D eigenvalue weighted by atomic mass is 35.5. The number of halogens is 1. The van der Waals surface area contributed by atoms with Gasteiger partial charge in [-0.3, -0.25) is 9.10 Å². The van der Waals surface area contributed by atoms with Crippen molar-refractivity contribution in [3.63, 3.8) is 0 Å². The Hall–Kier alpha value is -3.36. The molecule has 0 aliphatic carbocycles. The van der Waals surface area contributed by atoms with Gasteiger partial charge in [-0.25, -0.2) is 13.8 Å². The van der Waals surface area contributed by atoms with Crippen LogP contribution in [0.1, 0.15) is 30.9 Å². The van der Waals surface area contributed by atoms with Crippen LogP contribution in [0, 0.1) is 6.92 Å². The van der Waals surface area contributed by atoms with Crippen LogP contribution in [-0.4, -0.2) is 33.7 Å². The number of hydrogen-bond acceptors (Lipinski definition) is 5. The first-order chi connectivity index (χ1) is 16.8. The van der Waals surface area contributed by atoms with Crippen LogP contribution in [0.15, 0.2) is 82.8 Å². The maximum atomic E-state index is 13.4. The molecule has 0 saturated heterocycles. The highest BCUT2D eigenvalue weighted by Gasteiger charge is 2.28. The quantitative estimate of drug-likeness (QED) is 0.217. The Bertz CT molecular complexity index is 1260. The minimum absolute atomic E-state index is 0.0666. The van der Waals surface area contributed by atoms with Crippen LogP contribution < -0.4 is 14.5 Å². The van der Waals surface area contributed by atoms with E-state index in [0.717, 1.165) is 28.5 Å². The highest BCUT2D eigenvalue weighted by Crippen LogP contribution is 2.30. The Kier molecular flexibility index (Phi) is 9.28. The van der Waals surface area contributed by atoms with E-state index in [9.17, 15) is 13.2 Å². The Morgan fingerprint density at radius 2 is 1.77 bits per heavy atom.